The van der Waals surface area contributed by atoms with Crippen LogP contribution in [0.3, 0.4) is 0 Å². The van der Waals surface area contributed by atoms with E-state index in [1.807, 2.05) is 12.1 Å². The molecule has 0 fully saturated rings. The molecule has 0 atom stereocenters. The molecule has 0 bridgehead atoms. The number of benzene rings is 2. The van der Waals surface area contributed by atoms with Crippen LogP contribution in [0.5, 0.6) is 0 Å². The Hall–Kier alpha value is -4.47. The molecule has 1 aromatic heterocycles. The van der Waals surface area contributed by atoms with Crippen molar-refractivity contribution in [2.75, 3.05) is 17.2 Å². The van der Waals surface area contributed by atoms with Crippen LogP contribution in [0.25, 0.3) is 10.8 Å². The van der Waals surface area contributed by atoms with Gasteiger partial charge in [-0.25, -0.2) is 4.98 Å². The number of aliphatic carboxylic acids is 1. The van der Waals surface area contributed by atoms with Gasteiger partial charge in [-0.2, -0.15) is 0 Å². The predicted molar refractivity (Wildman–Crippen MR) is 121 cm³/mol. The summed E-state index contributed by atoms with van der Waals surface area (Å²) in [6, 6.07) is 13.9. The smallest absolute Gasteiger partial charge is 0.303 e. The third-order valence-corrected chi connectivity index (χ3v) is 4.55. The van der Waals surface area contributed by atoms with Gasteiger partial charge in [0.1, 0.15) is 5.82 Å². The largest absolute Gasteiger partial charge is 0.481 e. The van der Waals surface area contributed by atoms with Gasteiger partial charge in [-0.3, -0.25) is 19.8 Å². The van der Waals surface area contributed by atoms with Gasteiger partial charge in [-0.05, 0) is 41.0 Å². The van der Waals surface area contributed by atoms with Crippen LogP contribution in [-0.2, 0) is 16.0 Å². The minimum absolute atomic E-state index is 0.0942. The number of fused-ring (bicyclic) bond motifs is 1. The summed E-state index contributed by atoms with van der Waals surface area (Å²) in [7, 11) is 0. The SMILES string of the molecule is N=C(N)Nc1cc(C(=O)NCC(=O)Nc2ncccc2CCC(=O)O)c2ccccc2c1. The van der Waals surface area contributed by atoms with Crippen molar-refractivity contribution in [3.05, 3.63) is 65.9 Å². The van der Waals surface area contributed by atoms with Crippen molar-refractivity contribution in [1.29, 1.82) is 5.41 Å². The van der Waals surface area contributed by atoms with Gasteiger partial charge in [0.05, 0.1) is 6.54 Å². The van der Waals surface area contributed by atoms with E-state index in [0.29, 0.717) is 22.2 Å². The maximum absolute atomic E-state index is 12.8. The monoisotopic (exact) mass is 434 g/mol. The average molecular weight is 434 g/mol. The Balaban J connectivity index is 1.71. The van der Waals surface area contributed by atoms with Crippen molar-refractivity contribution in [1.82, 2.24) is 10.3 Å². The Morgan fingerprint density at radius 1 is 1.06 bits per heavy atom. The Bertz CT molecular complexity index is 1190. The highest BCUT2D eigenvalue weighted by atomic mass is 16.4. The molecule has 0 aliphatic heterocycles. The van der Waals surface area contributed by atoms with Crippen LogP contribution in [0.4, 0.5) is 11.5 Å². The summed E-state index contributed by atoms with van der Waals surface area (Å²) in [5, 5.41) is 25.6. The Kier molecular flexibility index (Phi) is 6.96. The maximum atomic E-state index is 12.8. The fourth-order valence-electron chi connectivity index (χ4n) is 3.15. The summed E-state index contributed by atoms with van der Waals surface area (Å²) in [5.41, 5.74) is 6.78. The second-order valence-electron chi connectivity index (χ2n) is 6.92. The quantitative estimate of drug-likeness (QED) is 0.232. The number of nitrogens with one attached hydrogen (secondary N) is 4. The predicted octanol–water partition coefficient (Wildman–Crippen LogP) is 1.93. The second-order valence-corrected chi connectivity index (χ2v) is 6.92. The maximum Gasteiger partial charge on any atom is 0.303 e. The number of nitrogens with two attached hydrogens (primary N) is 1. The molecule has 7 N–H and O–H groups in total. The van der Waals surface area contributed by atoms with Crippen molar-refractivity contribution in [2.24, 2.45) is 5.73 Å². The van der Waals surface area contributed by atoms with Gasteiger partial charge in [0.25, 0.3) is 5.91 Å². The lowest BCUT2D eigenvalue weighted by Gasteiger charge is -2.12. The van der Waals surface area contributed by atoms with Crippen LogP contribution >= 0.6 is 0 Å². The lowest BCUT2D eigenvalue weighted by atomic mass is 10.0. The molecule has 164 valence electrons. The fourth-order valence-corrected chi connectivity index (χ4v) is 3.15. The number of anilines is 2. The van der Waals surface area contributed by atoms with Crippen LogP contribution in [0, 0.1) is 5.41 Å². The van der Waals surface area contributed by atoms with Gasteiger partial charge in [0.15, 0.2) is 5.96 Å². The molecule has 0 spiro atoms. The zero-order valence-electron chi connectivity index (χ0n) is 17.0. The van der Waals surface area contributed by atoms with Crippen LogP contribution in [0.15, 0.2) is 54.7 Å². The van der Waals surface area contributed by atoms with Gasteiger partial charge in [-0.1, -0.05) is 30.3 Å². The zero-order chi connectivity index (χ0) is 23.1. The molecule has 0 saturated carbocycles. The molecule has 0 aliphatic rings. The molecule has 32 heavy (non-hydrogen) atoms. The molecule has 2 amide bonds. The molecule has 10 heteroatoms. The number of pyridine rings is 1. The van der Waals surface area contributed by atoms with Gasteiger partial charge in [-0.15, -0.1) is 0 Å². The van der Waals surface area contributed by atoms with Gasteiger partial charge >= 0.3 is 5.97 Å². The number of carboxylic acids is 1. The number of carbonyl (C=O) groups is 3. The van der Waals surface area contributed by atoms with Crippen LogP contribution in [0.2, 0.25) is 0 Å². The number of guanidine groups is 1. The Morgan fingerprint density at radius 2 is 1.84 bits per heavy atom. The summed E-state index contributed by atoms with van der Waals surface area (Å²) in [4.78, 5) is 40.1. The van der Waals surface area contributed by atoms with Crippen LogP contribution in [0.1, 0.15) is 22.3 Å². The van der Waals surface area contributed by atoms with Crippen molar-refractivity contribution < 1.29 is 19.5 Å². The van der Waals surface area contributed by atoms with Gasteiger partial charge in [0.2, 0.25) is 5.91 Å². The minimum Gasteiger partial charge on any atom is -0.481 e. The lowest BCUT2D eigenvalue weighted by Crippen LogP contribution is -2.33. The summed E-state index contributed by atoms with van der Waals surface area (Å²) in [6.07, 6.45) is 1.61. The van der Waals surface area contributed by atoms with Crippen molar-refractivity contribution in [2.45, 2.75) is 12.8 Å². The highest BCUT2D eigenvalue weighted by Gasteiger charge is 2.15. The molecular formula is C22H22N6O4. The van der Waals surface area contributed by atoms with E-state index in [2.05, 4.69) is 20.9 Å². The van der Waals surface area contributed by atoms with Gasteiger partial charge < -0.3 is 26.8 Å². The number of aromatic nitrogens is 1. The molecular weight excluding hydrogens is 412 g/mol. The minimum atomic E-state index is -0.952. The molecule has 10 nitrogen and oxygen atoms in total. The van der Waals surface area contributed by atoms with Crippen molar-refractivity contribution >= 4 is 46.0 Å². The van der Waals surface area contributed by atoms with Crippen LogP contribution < -0.4 is 21.7 Å². The summed E-state index contributed by atoms with van der Waals surface area (Å²) >= 11 is 0. The number of aryl methyl sites for hydroxylation is 1. The lowest BCUT2D eigenvalue weighted by molar-refractivity contribution is -0.137. The number of amides is 2. The number of carboxylic acid groups (broad SMARTS) is 1. The Labute approximate surface area is 183 Å². The average Bonchev–Trinajstić information content (AvgIpc) is 2.75. The first-order valence-electron chi connectivity index (χ1n) is 9.71. The van der Waals surface area contributed by atoms with Crippen molar-refractivity contribution in [3.63, 3.8) is 0 Å². The number of carbonyl (C=O) groups excluding carboxylic acids is 2. The van der Waals surface area contributed by atoms with Crippen LogP contribution in [-0.4, -0.2) is 40.4 Å². The summed E-state index contributed by atoms with van der Waals surface area (Å²) < 4.78 is 0. The van der Waals surface area contributed by atoms with Gasteiger partial charge in [0, 0.05) is 23.9 Å². The molecule has 0 unspecified atom stereocenters. The molecule has 1 heterocycles. The first-order chi connectivity index (χ1) is 15.3. The molecule has 0 radical (unpaired) electrons. The van der Waals surface area contributed by atoms with E-state index in [9.17, 15) is 14.4 Å². The van der Waals surface area contributed by atoms with E-state index in [4.69, 9.17) is 16.2 Å². The van der Waals surface area contributed by atoms with E-state index in [1.54, 1.807) is 36.4 Å². The van der Waals surface area contributed by atoms with E-state index in [0.717, 1.165) is 5.39 Å². The topological polar surface area (TPSA) is 170 Å². The van der Waals surface area contributed by atoms with Crippen molar-refractivity contribution in [3.8, 4) is 0 Å². The number of nitrogens with zero attached hydrogens (tertiary/aromatic N) is 1. The highest BCUT2D eigenvalue weighted by molar-refractivity contribution is 6.10. The van der Waals surface area contributed by atoms with E-state index in [-0.39, 0.29) is 31.2 Å². The Morgan fingerprint density at radius 3 is 2.59 bits per heavy atom. The second kappa shape index (κ2) is 10.0. The molecule has 3 aromatic rings. The van der Waals surface area contributed by atoms with E-state index in [1.165, 1.54) is 6.20 Å². The van der Waals surface area contributed by atoms with E-state index < -0.39 is 17.8 Å². The highest BCUT2D eigenvalue weighted by Crippen LogP contribution is 2.24. The summed E-state index contributed by atoms with van der Waals surface area (Å²) in [6.45, 7) is -0.313. The molecule has 2 aromatic carbocycles. The number of rotatable bonds is 8. The zero-order valence-corrected chi connectivity index (χ0v) is 17.0. The molecule has 0 aliphatic carbocycles. The summed E-state index contributed by atoms with van der Waals surface area (Å²) in [5.74, 6) is -1.94. The molecule has 0 saturated heterocycles. The third kappa shape index (κ3) is 5.79. The molecule has 3 rings (SSSR count). The third-order valence-electron chi connectivity index (χ3n) is 4.55. The number of hydrogen-bond acceptors (Lipinski definition) is 5. The standard InChI is InChI=1S/C22H22N6O4/c23-22(24)27-15-10-14-4-1-2-6-16(14)17(11-15)21(32)26-12-18(29)28-20-13(5-3-9-25-20)7-8-19(30)31/h1-6,9-11H,7-8,12H2,(H,26,32)(H,30,31)(H4,23,24,27)(H,25,28,29). The normalized spacial score (nSPS) is 10.4. The van der Waals surface area contributed by atoms with E-state index >= 15 is 0 Å². The first kappa shape index (κ1) is 22.2. The first-order valence-corrected chi connectivity index (χ1v) is 9.71. The number of hydrogen-bond donors (Lipinski definition) is 6. The fraction of sp³-hybridized carbons (Fsp3) is 0.136.